The zero-order valence-electron chi connectivity index (χ0n) is 21.9. The van der Waals surface area contributed by atoms with Crippen LogP contribution in [-0.4, -0.2) is 35.9 Å². The van der Waals surface area contributed by atoms with Crippen molar-refractivity contribution in [3.8, 4) is 5.75 Å². The minimum absolute atomic E-state index is 0.0414. The fourth-order valence-electron chi connectivity index (χ4n) is 4.41. The molecule has 0 saturated carbocycles. The lowest BCUT2D eigenvalue weighted by atomic mass is 9.85. The maximum Gasteiger partial charge on any atom is 0.261 e. The smallest absolute Gasteiger partial charge is 0.261 e. The van der Waals surface area contributed by atoms with Gasteiger partial charge in [-0.3, -0.25) is 9.59 Å². The largest absolute Gasteiger partial charge is 0.481 e. The maximum absolute atomic E-state index is 13.7. The molecule has 0 fully saturated rings. The zero-order chi connectivity index (χ0) is 25.8. The number of hydrogen-bond acceptors (Lipinski definition) is 3. The molecule has 1 heterocycles. The summed E-state index contributed by atoms with van der Waals surface area (Å²) in [4.78, 5) is 28.0. The van der Waals surface area contributed by atoms with Crippen LogP contribution >= 0.6 is 0 Å². The normalized spacial score (nSPS) is 16.6. The van der Waals surface area contributed by atoms with E-state index >= 15 is 0 Å². The summed E-state index contributed by atoms with van der Waals surface area (Å²) in [6.07, 6.45) is 1.58. The summed E-state index contributed by atoms with van der Waals surface area (Å²) in [5.41, 5.74) is 2.37. The van der Waals surface area contributed by atoms with E-state index in [2.05, 4.69) is 19.2 Å². The minimum atomic E-state index is -0.597. The maximum atomic E-state index is 13.7. The molecule has 2 unspecified atom stereocenters. The van der Waals surface area contributed by atoms with Crippen molar-refractivity contribution in [2.45, 2.75) is 73.0 Å². The molecule has 0 bridgehead atoms. The second kappa shape index (κ2) is 11.2. The highest BCUT2D eigenvalue weighted by molar-refractivity contribution is 5.83. The molecule has 3 rings (SSSR count). The van der Waals surface area contributed by atoms with E-state index in [1.165, 1.54) is 12.1 Å². The molecule has 0 spiro atoms. The van der Waals surface area contributed by atoms with E-state index in [1.54, 1.807) is 12.1 Å². The standard InChI is InChI=1S/C29H39FN2O3/c1-7-25(27(33)31-16-14-19(2)3)35-23-13-10-20-15-17-32(28(34)29(4,5)6)26(24(20)18-23)21-8-11-22(30)12-9-21/h8-13,18-19,25-26H,7,14-17H2,1-6H3,(H,31,33). The number of halogens is 1. The number of fused-ring (bicyclic) bond motifs is 1. The van der Waals surface area contributed by atoms with Gasteiger partial charge < -0.3 is 15.0 Å². The summed E-state index contributed by atoms with van der Waals surface area (Å²) in [7, 11) is 0. The molecule has 6 heteroatoms. The first-order chi connectivity index (χ1) is 16.5. The van der Waals surface area contributed by atoms with E-state index in [9.17, 15) is 14.0 Å². The molecule has 0 aromatic heterocycles. The summed E-state index contributed by atoms with van der Waals surface area (Å²) in [6.45, 7) is 13.1. The van der Waals surface area contributed by atoms with Gasteiger partial charge in [-0.05, 0) is 66.1 Å². The Kier molecular flexibility index (Phi) is 8.57. The van der Waals surface area contributed by atoms with Gasteiger partial charge in [-0.25, -0.2) is 4.39 Å². The van der Waals surface area contributed by atoms with Gasteiger partial charge >= 0.3 is 0 Å². The third-order valence-corrected chi connectivity index (χ3v) is 6.40. The highest BCUT2D eigenvalue weighted by atomic mass is 19.1. The van der Waals surface area contributed by atoms with E-state index in [1.807, 2.05) is 50.8 Å². The quantitative estimate of drug-likeness (QED) is 0.528. The lowest BCUT2D eigenvalue weighted by Crippen LogP contribution is -2.45. The number of ether oxygens (including phenoxy) is 1. The van der Waals surface area contributed by atoms with Crippen LogP contribution in [0.15, 0.2) is 42.5 Å². The monoisotopic (exact) mass is 482 g/mol. The van der Waals surface area contributed by atoms with Gasteiger partial charge in [-0.2, -0.15) is 0 Å². The zero-order valence-corrected chi connectivity index (χ0v) is 21.9. The van der Waals surface area contributed by atoms with Gasteiger partial charge in [0.1, 0.15) is 11.6 Å². The van der Waals surface area contributed by atoms with Gasteiger partial charge in [0.15, 0.2) is 6.10 Å². The SMILES string of the molecule is CCC(Oc1ccc2c(c1)C(c1ccc(F)cc1)N(C(=O)C(C)(C)C)CC2)C(=O)NCCC(C)C. The molecule has 2 atom stereocenters. The van der Waals surface area contributed by atoms with Crippen LogP contribution < -0.4 is 10.1 Å². The average Bonchev–Trinajstić information content (AvgIpc) is 2.81. The fraction of sp³-hybridized carbons (Fsp3) is 0.517. The number of hydrogen-bond donors (Lipinski definition) is 1. The van der Waals surface area contributed by atoms with Gasteiger partial charge in [0.05, 0.1) is 6.04 Å². The number of carbonyl (C=O) groups excluding carboxylic acids is 2. The Bertz CT molecular complexity index is 1030. The Hall–Kier alpha value is -2.89. The molecule has 2 aromatic rings. The topological polar surface area (TPSA) is 58.6 Å². The summed E-state index contributed by atoms with van der Waals surface area (Å²) in [6, 6.07) is 11.8. The average molecular weight is 483 g/mol. The second-order valence-electron chi connectivity index (χ2n) is 10.8. The molecule has 0 saturated heterocycles. The highest BCUT2D eigenvalue weighted by Gasteiger charge is 2.37. The van der Waals surface area contributed by atoms with E-state index in [-0.39, 0.29) is 23.7 Å². The number of nitrogens with zero attached hydrogens (tertiary/aromatic N) is 1. The van der Waals surface area contributed by atoms with Crippen molar-refractivity contribution in [3.05, 3.63) is 65.0 Å². The van der Waals surface area contributed by atoms with E-state index in [4.69, 9.17) is 4.74 Å². The molecule has 35 heavy (non-hydrogen) atoms. The van der Waals surface area contributed by atoms with Crippen LogP contribution in [-0.2, 0) is 16.0 Å². The predicted octanol–water partition coefficient (Wildman–Crippen LogP) is 5.67. The molecule has 0 radical (unpaired) electrons. The molecule has 2 aromatic carbocycles. The van der Waals surface area contributed by atoms with Crippen LogP contribution in [0.2, 0.25) is 0 Å². The van der Waals surface area contributed by atoms with Crippen LogP contribution in [0.4, 0.5) is 4.39 Å². The van der Waals surface area contributed by atoms with Crippen molar-refractivity contribution >= 4 is 11.8 Å². The Morgan fingerprint density at radius 3 is 2.43 bits per heavy atom. The molecular formula is C29H39FN2O3. The van der Waals surface area contributed by atoms with Crippen LogP contribution in [0.25, 0.3) is 0 Å². The highest BCUT2D eigenvalue weighted by Crippen LogP contribution is 2.39. The van der Waals surface area contributed by atoms with Crippen molar-refractivity contribution in [1.29, 1.82) is 0 Å². The lowest BCUT2D eigenvalue weighted by molar-refractivity contribution is -0.141. The molecule has 5 nitrogen and oxygen atoms in total. The summed E-state index contributed by atoms with van der Waals surface area (Å²) in [5.74, 6) is 0.709. The third-order valence-electron chi connectivity index (χ3n) is 6.40. The lowest BCUT2D eigenvalue weighted by Gasteiger charge is -2.41. The fourth-order valence-corrected chi connectivity index (χ4v) is 4.41. The van der Waals surface area contributed by atoms with Crippen molar-refractivity contribution in [3.63, 3.8) is 0 Å². The van der Waals surface area contributed by atoms with Crippen LogP contribution in [0, 0.1) is 17.2 Å². The van der Waals surface area contributed by atoms with Gasteiger partial charge in [0.2, 0.25) is 5.91 Å². The van der Waals surface area contributed by atoms with Gasteiger partial charge in [-0.15, -0.1) is 0 Å². The number of amides is 2. The molecule has 1 N–H and O–H groups in total. The van der Waals surface area contributed by atoms with Gasteiger partial charge in [-0.1, -0.05) is 59.7 Å². The van der Waals surface area contributed by atoms with Crippen LogP contribution in [0.1, 0.15) is 77.1 Å². The number of nitrogens with one attached hydrogen (secondary N) is 1. The summed E-state index contributed by atoms with van der Waals surface area (Å²) in [5, 5.41) is 2.97. The van der Waals surface area contributed by atoms with Crippen molar-refractivity contribution in [1.82, 2.24) is 10.2 Å². The second-order valence-corrected chi connectivity index (χ2v) is 10.8. The Morgan fingerprint density at radius 2 is 1.83 bits per heavy atom. The van der Waals surface area contributed by atoms with Crippen molar-refractivity contribution in [2.24, 2.45) is 11.3 Å². The first kappa shape index (κ1) is 26.7. The number of benzene rings is 2. The first-order valence-corrected chi connectivity index (χ1v) is 12.6. The summed E-state index contributed by atoms with van der Waals surface area (Å²) >= 11 is 0. The van der Waals surface area contributed by atoms with Gasteiger partial charge in [0.25, 0.3) is 5.91 Å². The Morgan fingerprint density at radius 1 is 1.14 bits per heavy atom. The first-order valence-electron chi connectivity index (χ1n) is 12.6. The third kappa shape index (κ3) is 6.62. The van der Waals surface area contributed by atoms with Crippen LogP contribution in [0.5, 0.6) is 5.75 Å². The predicted molar refractivity (Wildman–Crippen MR) is 137 cm³/mol. The number of rotatable bonds is 8. The van der Waals surface area contributed by atoms with Gasteiger partial charge in [0, 0.05) is 18.5 Å². The van der Waals surface area contributed by atoms with Crippen molar-refractivity contribution < 1.29 is 18.7 Å². The van der Waals surface area contributed by atoms with Crippen molar-refractivity contribution in [2.75, 3.05) is 13.1 Å². The molecule has 0 aliphatic carbocycles. The van der Waals surface area contributed by atoms with E-state index < -0.39 is 11.5 Å². The van der Waals surface area contributed by atoms with E-state index in [0.29, 0.717) is 31.2 Å². The summed E-state index contributed by atoms with van der Waals surface area (Å²) < 4.78 is 19.9. The Balaban J connectivity index is 1.93. The number of carbonyl (C=O) groups is 2. The molecule has 2 amide bonds. The minimum Gasteiger partial charge on any atom is -0.481 e. The molecular weight excluding hydrogens is 443 g/mol. The Labute approximate surface area is 209 Å². The molecule has 1 aliphatic rings. The molecule has 1 aliphatic heterocycles. The molecule has 190 valence electrons. The van der Waals surface area contributed by atoms with E-state index in [0.717, 1.165) is 29.5 Å². The van der Waals surface area contributed by atoms with Crippen LogP contribution in [0.3, 0.4) is 0 Å².